The fourth-order valence-electron chi connectivity index (χ4n) is 5.28. The summed E-state index contributed by atoms with van der Waals surface area (Å²) in [4.78, 5) is 25.2. The van der Waals surface area contributed by atoms with E-state index in [9.17, 15) is 9.59 Å². The molecule has 0 bridgehead atoms. The number of methoxy groups -OCH3 is 2. The summed E-state index contributed by atoms with van der Waals surface area (Å²) in [5, 5.41) is 9.17. The molecule has 0 radical (unpaired) electrons. The lowest BCUT2D eigenvalue weighted by Crippen LogP contribution is -2.47. The van der Waals surface area contributed by atoms with Crippen LogP contribution in [-0.4, -0.2) is 37.9 Å². The van der Waals surface area contributed by atoms with Crippen molar-refractivity contribution < 1.29 is 28.9 Å². The van der Waals surface area contributed by atoms with Crippen molar-refractivity contribution in [3.63, 3.8) is 0 Å². The minimum atomic E-state index is -1.74. The lowest BCUT2D eigenvalue weighted by molar-refractivity contribution is -0.149. The molecule has 4 aromatic rings. The van der Waals surface area contributed by atoms with E-state index in [2.05, 4.69) is 24.3 Å². The number of aliphatic carboxylic acids is 1. The zero-order valence-corrected chi connectivity index (χ0v) is 21.7. The van der Waals surface area contributed by atoms with E-state index in [0.29, 0.717) is 28.2 Å². The molecule has 1 aliphatic carbocycles. The Morgan fingerprint density at radius 3 is 2.03 bits per heavy atom. The van der Waals surface area contributed by atoms with Crippen LogP contribution in [0.2, 0.25) is 0 Å². The van der Waals surface area contributed by atoms with Crippen molar-refractivity contribution in [2.75, 3.05) is 20.8 Å². The SMILES string of the molecule is COc1ccc(C(N)(C(=O)OCC2c3ccccc3-c3ccccc32)c2ccc(CC(=O)O)cc2)c(OC)c1. The van der Waals surface area contributed by atoms with Gasteiger partial charge in [0.2, 0.25) is 0 Å². The summed E-state index contributed by atoms with van der Waals surface area (Å²) in [5.74, 6) is -0.836. The molecule has 7 nitrogen and oxygen atoms in total. The van der Waals surface area contributed by atoms with E-state index in [1.807, 2.05) is 24.3 Å². The van der Waals surface area contributed by atoms with Crippen molar-refractivity contribution in [1.82, 2.24) is 0 Å². The number of ether oxygens (including phenoxy) is 3. The van der Waals surface area contributed by atoms with Crippen molar-refractivity contribution in [2.45, 2.75) is 17.9 Å². The zero-order chi connectivity index (χ0) is 27.6. The number of esters is 1. The average Bonchev–Trinajstić information content (AvgIpc) is 3.28. The van der Waals surface area contributed by atoms with Crippen LogP contribution in [0.25, 0.3) is 11.1 Å². The number of hydrogen-bond acceptors (Lipinski definition) is 6. The number of hydrogen-bond donors (Lipinski definition) is 2. The van der Waals surface area contributed by atoms with Gasteiger partial charge in [-0.25, -0.2) is 4.79 Å². The molecule has 0 saturated heterocycles. The van der Waals surface area contributed by atoms with Crippen molar-refractivity contribution in [1.29, 1.82) is 0 Å². The molecule has 0 aliphatic heterocycles. The van der Waals surface area contributed by atoms with Gasteiger partial charge in [-0.3, -0.25) is 4.79 Å². The maximum Gasteiger partial charge on any atom is 0.335 e. The fraction of sp³-hybridized carbons (Fsp3) is 0.188. The van der Waals surface area contributed by atoms with Crippen LogP contribution in [0.4, 0.5) is 0 Å². The van der Waals surface area contributed by atoms with Gasteiger partial charge in [-0.15, -0.1) is 0 Å². The molecule has 1 atom stereocenters. The first-order valence-electron chi connectivity index (χ1n) is 12.5. The Kier molecular flexibility index (Phi) is 7.09. The third kappa shape index (κ3) is 4.73. The number of carboxylic acid groups (broad SMARTS) is 1. The first-order valence-corrected chi connectivity index (χ1v) is 12.5. The van der Waals surface area contributed by atoms with E-state index < -0.39 is 17.5 Å². The van der Waals surface area contributed by atoms with Crippen LogP contribution in [0.3, 0.4) is 0 Å². The number of benzene rings is 4. The van der Waals surface area contributed by atoms with Crippen molar-refractivity contribution in [3.05, 3.63) is 119 Å². The van der Waals surface area contributed by atoms with E-state index >= 15 is 0 Å². The van der Waals surface area contributed by atoms with E-state index in [-0.39, 0.29) is 18.9 Å². The summed E-state index contributed by atoms with van der Waals surface area (Å²) in [6.45, 7) is 0.0986. The highest BCUT2D eigenvalue weighted by atomic mass is 16.5. The molecule has 5 rings (SSSR count). The summed E-state index contributed by atoms with van der Waals surface area (Å²) in [5.41, 5.74) is 11.1. The molecule has 4 aromatic carbocycles. The standard InChI is InChI=1S/C32H29NO6/c1-37-22-15-16-28(29(18-22)38-2)32(33,21-13-11-20(12-14-21)17-30(34)35)31(36)39-19-27-25-9-5-3-7-23(25)24-8-4-6-10-26(24)27/h3-16,18,27H,17,19,33H2,1-2H3,(H,34,35). The van der Waals surface area contributed by atoms with Gasteiger partial charge in [0.05, 0.1) is 20.6 Å². The molecular weight excluding hydrogens is 494 g/mol. The maximum absolute atomic E-state index is 14.0. The molecular formula is C32H29NO6. The Labute approximate surface area is 226 Å². The Bertz CT molecular complexity index is 1480. The van der Waals surface area contributed by atoms with Crippen molar-refractivity contribution in [2.24, 2.45) is 5.73 Å². The predicted molar refractivity (Wildman–Crippen MR) is 147 cm³/mol. The molecule has 7 heteroatoms. The number of carbonyl (C=O) groups is 2. The third-order valence-corrected chi connectivity index (χ3v) is 7.26. The number of rotatable bonds is 9. The summed E-state index contributed by atoms with van der Waals surface area (Å²) in [6.07, 6.45) is -0.144. The Morgan fingerprint density at radius 1 is 0.846 bits per heavy atom. The number of nitrogens with two attached hydrogens (primary N) is 1. The summed E-state index contributed by atoms with van der Waals surface area (Å²) < 4.78 is 17.0. The minimum Gasteiger partial charge on any atom is -0.497 e. The van der Waals surface area contributed by atoms with Crippen LogP contribution in [0, 0.1) is 0 Å². The molecule has 39 heavy (non-hydrogen) atoms. The maximum atomic E-state index is 14.0. The van der Waals surface area contributed by atoms with Crippen LogP contribution in [0.5, 0.6) is 11.5 Å². The summed E-state index contributed by atoms with van der Waals surface area (Å²) >= 11 is 0. The third-order valence-electron chi connectivity index (χ3n) is 7.26. The smallest absolute Gasteiger partial charge is 0.335 e. The van der Waals surface area contributed by atoms with Gasteiger partial charge in [0.25, 0.3) is 0 Å². The van der Waals surface area contributed by atoms with Gasteiger partial charge in [0, 0.05) is 17.5 Å². The first kappa shape index (κ1) is 26.0. The number of carboxylic acids is 1. The Hall–Kier alpha value is -4.62. The van der Waals surface area contributed by atoms with Gasteiger partial charge in [-0.05, 0) is 45.5 Å². The molecule has 0 fully saturated rings. The van der Waals surface area contributed by atoms with Gasteiger partial charge >= 0.3 is 11.9 Å². The normalized spacial score (nSPS) is 13.6. The van der Waals surface area contributed by atoms with Gasteiger partial charge in [0.1, 0.15) is 18.1 Å². The van der Waals surface area contributed by atoms with Crippen LogP contribution in [0.1, 0.15) is 33.7 Å². The lowest BCUT2D eigenvalue weighted by atomic mass is 9.82. The van der Waals surface area contributed by atoms with Gasteiger partial charge in [0.15, 0.2) is 5.54 Å². The molecule has 0 heterocycles. The fourth-order valence-corrected chi connectivity index (χ4v) is 5.28. The van der Waals surface area contributed by atoms with Crippen LogP contribution in [-0.2, 0) is 26.3 Å². The largest absolute Gasteiger partial charge is 0.497 e. The predicted octanol–water partition coefficient (Wildman–Crippen LogP) is 4.89. The highest BCUT2D eigenvalue weighted by molar-refractivity contribution is 5.88. The van der Waals surface area contributed by atoms with Gasteiger partial charge < -0.3 is 25.1 Å². The first-order chi connectivity index (χ1) is 18.9. The zero-order valence-electron chi connectivity index (χ0n) is 21.7. The molecule has 0 amide bonds. The van der Waals surface area contributed by atoms with Crippen molar-refractivity contribution in [3.8, 4) is 22.6 Å². The quantitative estimate of drug-likeness (QED) is 0.301. The highest BCUT2D eigenvalue weighted by Crippen LogP contribution is 2.45. The topological polar surface area (TPSA) is 108 Å². The van der Waals surface area contributed by atoms with E-state index in [1.54, 1.807) is 42.5 Å². The second-order valence-electron chi connectivity index (χ2n) is 9.47. The van der Waals surface area contributed by atoms with Crippen molar-refractivity contribution >= 4 is 11.9 Å². The number of carbonyl (C=O) groups excluding carboxylic acids is 1. The van der Waals surface area contributed by atoms with Gasteiger partial charge in [-0.1, -0.05) is 72.8 Å². The Morgan fingerprint density at radius 2 is 1.46 bits per heavy atom. The average molecular weight is 524 g/mol. The monoisotopic (exact) mass is 523 g/mol. The molecule has 1 unspecified atom stereocenters. The van der Waals surface area contributed by atoms with Crippen LogP contribution >= 0.6 is 0 Å². The number of fused-ring (bicyclic) bond motifs is 3. The van der Waals surface area contributed by atoms with Gasteiger partial charge in [-0.2, -0.15) is 0 Å². The molecule has 0 saturated carbocycles. The molecule has 0 aromatic heterocycles. The van der Waals surface area contributed by atoms with Crippen LogP contribution < -0.4 is 15.2 Å². The molecule has 198 valence electrons. The molecule has 3 N–H and O–H groups in total. The minimum absolute atomic E-state index is 0.0986. The lowest BCUT2D eigenvalue weighted by Gasteiger charge is -2.30. The molecule has 1 aliphatic rings. The summed E-state index contributed by atoms with van der Waals surface area (Å²) in [7, 11) is 3.03. The second kappa shape index (κ2) is 10.6. The van der Waals surface area contributed by atoms with E-state index in [0.717, 1.165) is 22.3 Å². The van der Waals surface area contributed by atoms with E-state index in [1.165, 1.54) is 14.2 Å². The molecule has 0 spiro atoms. The summed E-state index contributed by atoms with van der Waals surface area (Å²) in [6, 6.07) is 27.9. The van der Waals surface area contributed by atoms with E-state index in [4.69, 9.17) is 25.1 Å². The van der Waals surface area contributed by atoms with Crippen LogP contribution in [0.15, 0.2) is 91.0 Å². The Balaban J connectivity index is 1.52. The second-order valence-corrected chi connectivity index (χ2v) is 9.47. The highest BCUT2D eigenvalue weighted by Gasteiger charge is 2.43.